The zero-order valence-electron chi connectivity index (χ0n) is 19.3. The highest BCUT2D eigenvalue weighted by atomic mass is 79.9. The summed E-state index contributed by atoms with van der Waals surface area (Å²) in [6.07, 6.45) is 2.17. The van der Waals surface area contributed by atoms with Crippen molar-refractivity contribution in [2.75, 3.05) is 13.2 Å². The van der Waals surface area contributed by atoms with Crippen LogP contribution in [0.25, 0.3) is 0 Å². The highest BCUT2D eigenvalue weighted by Crippen LogP contribution is 2.23. The lowest BCUT2D eigenvalue weighted by molar-refractivity contribution is -0.119. The van der Waals surface area contributed by atoms with E-state index in [-0.39, 0.29) is 10.6 Å². The lowest BCUT2D eigenvalue weighted by Crippen LogP contribution is -2.34. The minimum Gasteiger partial charge on any atom is -0.494 e. The largest absolute Gasteiger partial charge is 0.494 e. The first-order valence-corrected chi connectivity index (χ1v) is 13.2. The molecule has 0 bridgehead atoms. The van der Waals surface area contributed by atoms with E-state index < -0.39 is 28.4 Å². The number of hydrogen-bond acceptors (Lipinski definition) is 7. The predicted molar refractivity (Wildman–Crippen MR) is 139 cm³/mol. The minimum atomic E-state index is -3.83. The van der Waals surface area contributed by atoms with Crippen molar-refractivity contribution in [1.29, 1.82) is 0 Å². The van der Waals surface area contributed by atoms with Crippen LogP contribution in [0.3, 0.4) is 0 Å². The maximum absolute atomic E-state index is 12.6. The van der Waals surface area contributed by atoms with Crippen molar-refractivity contribution in [3.05, 3.63) is 88.4 Å². The summed E-state index contributed by atoms with van der Waals surface area (Å²) in [4.78, 5) is 24.7. The fourth-order valence-corrected chi connectivity index (χ4v) is 4.22. The van der Waals surface area contributed by atoms with E-state index in [0.29, 0.717) is 28.0 Å². The van der Waals surface area contributed by atoms with Gasteiger partial charge in [-0.1, -0.05) is 41.1 Å². The van der Waals surface area contributed by atoms with E-state index in [1.165, 1.54) is 18.3 Å². The van der Waals surface area contributed by atoms with Crippen LogP contribution in [0.5, 0.6) is 11.5 Å². The average Bonchev–Trinajstić information content (AvgIpc) is 2.88. The summed E-state index contributed by atoms with van der Waals surface area (Å²) in [5, 5.41) is 3.85. The molecule has 1 amide bonds. The van der Waals surface area contributed by atoms with E-state index in [2.05, 4.69) is 31.2 Å². The van der Waals surface area contributed by atoms with Gasteiger partial charge in [0.05, 0.1) is 29.8 Å². The van der Waals surface area contributed by atoms with E-state index in [9.17, 15) is 18.0 Å². The van der Waals surface area contributed by atoms with E-state index in [1.807, 2.05) is 6.92 Å². The zero-order chi connectivity index (χ0) is 26.0. The fourth-order valence-electron chi connectivity index (χ4n) is 2.84. The molecule has 0 aliphatic rings. The SMILES string of the molecule is CCCOc1ccc(C(=O)Oc2ccc(Br)cc2/C=N\NC(=O)CNS(=O)(=O)c2ccccc2)cc1. The summed E-state index contributed by atoms with van der Waals surface area (Å²) in [5.41, 5.74) is 2.99. The Morgan fingerprint density at radius 3 is 2.44 bits per heavy atom. The molecule has 11 heteroatoms. The number of nitrogens with zero attached hydrogens (tertiary/aromatic N) is 1. The molecule has 3 aromatic rings. The summed E-state index contributed by atoms with van der Waals surface area (Å²) in [6, 6.07) is 19.2. The molecule has 2 N–H and O–H groups in total. The second-order valence-electron chi connectivity index (χ2n) is 7.38. The van der Waals surface area contributed by atoms with Crippen LogP contribution in [0.15, 0.2) is 87.3 Å². The Morgan fingerprint density at radius 1 is 1.03 bits per heavy atom. The fraction of sp³-hybridized carbons (Fsp3) is 0.160. The molecule has 0 heterocycles. The molecule has 9 nitrogen and oxygen atoms in total. The zero-order valence-corrected chi connectivity index (χ0v) is 21.7. The van der Waals surface area contributed by atoms with Crippen LogP contribution in [-0.2, 0) is 14.8 Å². The Kier molecular flexibility index (Phi) is 9.74. The minimum absolute atomic E-state index is 0.0463. The molecule has 0 radical (unpaired) electrons. The number of carbonyl (C=O) groups is 2. The Labute approximate surface area is 217 Å². The number of hydrazone groups is 1. The van der Waals surface area contributed by atoms with Gasteiger partial charge >= 0.3 is 5.97 Å². The Bertz CT molecular complexity index is 1330. The van der Waals surface area contributed by atoms with E-state index >= 15 is 0 Å². The topological polar surface area (TPSA) is 123 Å². The Morgan fingerprint density at radius 2 is 1.75 bits per heavy atom. The van der Waals surface area contributed by atoms with Gasteiger partial charge < -0.3 is 9.47 Å². The molecule has 0 fully saturated rings. The van der Waals surface area contributed by atoms with Crippen LogP contribution in [0, 0.1) is 0 Å². The molecule has 0 aliphatic carbocycles. The quantitative estimate of drug-likeness (QED) is 0.155. The normalized spacial score (nSPS) is 11.3. The number of rotatable bonds is 11. The maximum Gasteiger partial charge on any atom is 0.343 e. The molecule has 36 heavy (non-hydrogen) atoms. The van der Waals surface area contributed by atoms with Gasteiger partial charge in [0.2, 0.25) is 10.0 Å². The molecule has 0 saturated carbocycles. The number of nitrogens with one attached hydrogen (secondary N) is 2. The number of hydrogen-bond donors (Lipinski definition) is 2. The van der Waals surface area contributed by atoms with Crippen molar-refractivity contribution in [2.45, 2.75) is 18.2 Å². The summed E-state index contributed by atoms with van der Waals surface area (Å²) in [6.45, 7) is 2.08. The van der Waals surface area contributed by atoms with Gasteiger partial charge in [0.25, 0.3) is 5.91 Å². The number of amides is 1. The third-order valence-corrected chi connectivity index (χ3v) is 6.52. The van der Waals surface area contributed by atoms with E-state index in [4.69, 9.17) is 9.47 Å². The molecule has 0 unspecified atom stereocenters. The first kappa shape index (κ1) is 27.1. The number of ether oxygens (including phenoxy) is 2. The van der Waals surface area contributed by atoms with Crippen molar-refractivity contribution < 1.29 is 27.5 Å². The number of halogens is 1. The molecular weight excluding hydrogens is 550 g/mol. The number of benzene rings is 3. The molecule has 3 aromatic carbocycles. The lowest BCUT2D eigenvalue weighted by atomic mass is 10.2. The van der Waals surface area contributed by atoms with Gasteiger partial charge in [0.1, 0.15) is 11.5 Å². The second-order valence-corrected chi connectivity index (χ2v) is 10.1. The highest BCUT2D eigenvalue weighted by Gasteiger charge is 2.15. The Hall–Kier alpha value is -3.54. The third kappa shape index (κ3) is 8.01. The molecule has 0 saturated heterocycles. The first-order valence-electron chi connectivity index (χ1n) is 10.9. The monoisotopic (exact) mass is 573 g/mol. The molecule has 0 spiro atoms. The summed E-state index contributed by atoms with van der Waals surface area (Å²) in [7, 11) is -3.83. The van der Waals surface area contributed by atoms with Crippen LogP contribution >= 0.6 is 15.9 Å². The highest BCUT2D eigenvalue weighted by molar-refractivity contribution is 9.10. The second kappa shape index (κ2) is 13.0. The number of sulfonamides is 1. The van der Waals surface area contributed by atoms with Crippen molar-refractivity contribution in [3.8, 4) is 11.5 Å². The molecule has 0 atom stereocenters. The summed E-state index contributed by atoms with van der Waals surface area (Å²) >= 11 is 3.35. The number of carbonyl (C=O) groups excluding carboxylic acids is 2. The Balaban J connectivity index is 1.60. The van der Waals surface area contributed by atoms with Crippen molar-refractivity contribution in [2.24, 2.45) is 5.10 Å². The van der Waals surface area contributed by atoms with Crippen LogP contribution in [0.2, 0.25) is 0 Å². The van der Waals surface area contributed by atoms with Gasteiger partial charge in [0.15, 0.2) is 0 Å². The van der Waals surface area contributed by atoms with Crippen molar-refractivity contribution in [3.63, 3.8) is 0 Å². The van der Waals surface area contributed by atoms with Gasteiger partial charge in [-0.25, -0.2) is 23.4 Å². The maximum atomic E-state index is 12.6. The van der Waals surface area contributed by atoms with Crippen LogP contribution < -0.4 is 19.6 Å². The average molecular weight is 574 g/mol. The van der Waals surface area contributed by atoms with Gasteiger partial charge in [-0.2, -0.15) is 5.10 Å². The van der Waals surface area contributed by atoms with Crippen LogP contribution in [-0.4, -0.2) is 39.7 Å². The lowest BCUT2D eigenvalue weighted by Gasteiger charge is -2.09. The van der Waals surface area contributed by atoms with Crippen molar-refractivity contribution >= 4 is 44.0 Å². The van der Waals surface area contributed by atoms with E-state index in [0.717, 1.165) is 6.42 Å². The van der Waals surface area contributed by atoms with E-state index in [1.54, 1.807) is 60.7 Å². The summed E-state index contributed by atoms with van der Waals surface area (Å²) in [5.74, 6) is -0.373. The van der Waals surface area contributed by atoms with Crippen LogP contribution in [0.4, 0.5) is 0 Å². The van der Waals surface area contributed by atoms with Crippen molar-refractivity contribution in [1.82, 2.24) is 10.1 Å². The predicted octanol–water partition coefficient (Wildman–Crippen LogP) is 3.89. The number of esters is 1. The smallest absolute Gasteiger partial charge is 0.343 e. The van der Waals surface area contributed by atoms with Gasteiger partial charge in [-0.05, 0) is 61.0 Å². The van der Waals surface area contributed by atoms with Gasteiger partial charge in [-0.15, -0.1) is 0 Å². The third-order valence-electron chi connectivity index (χ3n) is 4.61. The standard InChI is InChI=1S/C25H24BrN3O6S/c1-2-14-34-21-11-8-18(9-12-21)25(31)35-23-13-10-20(26)15-19(23)16-27-29-24(30)17-28-36(32,33)22-6-4-3-5-7-22/h3-13,15-16,28H,2,14,17H2,1H3,(H,29,30)/b27-16-. The first-order chi connectivity index (χ1) is 17.3. The molecular formula is C25H24BrN3O6S. The van der Waals surface area contributed by atoms with Gasteiger partial charge in [0, 0.05) is 10.0 Å². The molecule has 188 valence electrons. The molecule has 0 aliphatic heterocycles. The molecule has 0 aromatic heterocycles. The van der Waals surface area contributed by atoms with Crippen LogP contribution in [0.1, 0.15) is 29.3 Å². The van der Waals surface area contributed by atoms with Gasteiger partial charge in [-0.3, -0.25) is 4.79 Å². The molecule has 3 rings (SSSR count). The summed E-state index contributed by atoms with van der Waals surface area (Å²) < 4.78 is 38.3.